The lowest BCUT2D eigenvalue weighted by molar-refractivity contribution is 0.904. The number of aryl methyl sites for hydroxylation is 1. The van der Waals surface area contributed by atoms with E-state index in [0.29, 0.717) is 17.6 Å². The zero-order chi connectivity index (χ0) is 31.6. The van der Waals surface area contributed by atoms with Crippen molar-refractivity contribution in [3.05, 3.63) is 157 Å². The van der Waals surface area contributed by atoms with Gasteiger partial charge in [0, 0.05) is 43.7 Å². The summed E-state index contributed by atoms with van der Waals surface area (Å²) >= 11 is 0. The minimum atomic E-state index is 0.622. The summed E-state index contributed by atoms with van der Waals surface area (Å²) in [5.74, 6) is 1.93. The number of hydrogen-bond acceptors (Lipinski definition) is 3. The molecule has 0 atom stereocenters. The van der Waals surface area contributed by atoms with Crippen molar-refractivity contribution >= 4 is 49.6 Å². The number of nitrogens with zero attached hydrogens (tertiary/aromatic N) is 5. The molecule has 0 amide bonds. The van der Waals surface area contributed by atoms with Crippen LogP contribution >= 0.6 is 0 Å². The van der Waals surface area contributed by atoms with Crippen molar-refractivity contribution in [3.63, 3.8) is 0 Å². The summed E-state index contributed by atoms with van der Waals surface area (Å²) in [6, 6.07) is 49.0. The molecule has 0 saturated carbocycles. The third kappa shape index (κ3) is 4.01. The summed E-state index contributed by atoms with van der Waals surface area (Å²) in [4.78, 5) is 15.4. The van der Waals surface area contributed by atoms with Gasteiger partial charge in [0.1, 0.15) is 0 Å². The maximum Gasteiger partial charge on any atom is 0.238 e. The lowest BCUT2D eigenvalue weighted by atomic mass is 9.98. The van der Waals surface area contributed by atoms with Crippen LogP contribution in [0.3, 0.4) is 0 Å². The van der Waals surface area contributed by atoms with Gasteiger partial charge in [0.2, 0.25) is 5.95 Å². The van der Waals surface area contributed by atoms with Crippen LogP contribution in [0, 0.1) is 0 Å². The summed E-state index contributed by atoms with van der Waals surface area (Å²) in [6.45, 7) is 0. The maximum atomic E-state index is 5.20. The van der Waals surface area contributed by atoms with Crippen LogP contribution in [-0.2, 0) is 6.42 Å². The molecule has 0 aliphatic heterocycles. The van der Waals surface area contributed by atoms with Gasteiger partial charge >= 0.3 is 0 Å². The first-order valence-corrected chi connectivity index (χ1v) is 16.4. The van der Waals surface area contributed by atoms with Gasteiger partial charge in [-0.25, -0.2) is 4.98 Å². The molecule has 0 bridgehead atoms. The number of rotatable bonds is 4. The van der Waals surface area contributed by atoms with E-state index in [-0.39, 0.29) is 0 Å². The van der Waals surface area contributed by atoms with Crippen molar-refractivity contribution in [2.24, 2.45) is 0 Å². The topological polar surface area (TPSA) is 48.5 Å². The van der Waals surface area contributed by atoms with Gasteiger partial charge in [0.15, 0.2) is 11.6 Å². The summed E-state index contributed by atoms with van der Waals surface area (Å²) in [5.41, 5.74) is 9.05. The second-order valence-corrected chi connectivity index (χ2v) is 12.4. The smallest absolute Gasteiger partial charge is 0.238 e. The standard InChI is InChI=1S/C43H29N5/c1-4-14-28(15-5-1)41-44-42(29-16-6-2-7-17-29)46-43(45-41)48-38-23-13-11-21-32(38)34-25-26-35-36(40(34)48)27-24-33-31-20-10-12-22-37(31)47(39(33)35)30-18-8-3-9-19-30/h1-10,12-20,22-27H,11,21H2. The highest BCUT2D eigenvalue weighted by Gasteiger charge is 2.25. The third-order valence-electron chi connectivity index (χ3n) is 9.64. The van der Waals surface area contributed by atoms with Crippen molar-refractivity contribution in [3.8, 4) is 34.4 Å². The molecule has 5 heteroatoms. The molecule has 3 aromatic heterocycles. The van der Waals surface area contributed by atoms with Gasteiger partial charge in [-0.2, -0.15) is 9.97 Å². The van der Waals surface area contributed by atoms with E-state index in [1.165, 1.54) is 43.5 Å². The number of allylic oxidation sites excluding steroid dienone is 1. The Morgan fingerprint density at radius 1 is 0.458 bits per heavy atom. The first-order valence-electron chi connectivity index (χ1n) is 16.4. The fraction of sp³-hybridized carbons (Fsp3) is 0.0465. The van der Waals surface area contributed by atoms with Crippen LogP contribution < -0.4 is 0 Å². The molecule has 3 heterocycles. The van der Waals surface area contributed by atoms with Crippen LogP contribution in [0.5, 0.6) is 0 Å². The fourth-order valence-electron chi connectivity index (χ4n) is 7.54. The lowest BCUT2D eigenvalue weighted by Gasteiger charge is -2.14. The second-order valence-electron chi connectivity index (χ2n) is 12.4. The Morgan fingerprint density at radius 2 is 1.00 bits per heavy atom. The van der Waals surface area contributed by atoms with Gasteiger partial charge in [0.05, 0.1) is 22.2 Å². The van der Waals surface area contributed by atoms with Crippen LogP contribution in [0.15, 0.2) is 146 Å². The Hall–Kier alpha value is -6.33. The van der Waals surface area contributed by atoms with E-state index >= 15 is 0 Å². The Balaban J connectivity index is 1.34. The number of aromatic nitrogens is 5. The van der Waals surface area contributed by atoms with Crippen LogP contribution in [0.4, 0.5) is 0 Å². The average Bonchev–Trinajstić information content (AvgIpc) is 3.69. The van der Waals surface area contributed by atoms with E-state index in [2.05, 4.69) is 124 Å². The Bertz CT molecular complexity index is 2650. The van der Waals surface area contributed by atoms with Crippen molar-refractivity contribution in [2.75, 3.05) is 0 Å². The molecule has 0 N–H and O–H groups in total. The first kappa shape index (κ1) is 26.8. The Kier molecular flexibility index (Phi) is 5.93. The van der Waals surface area contributed by atoms with Crippen LogP contribution in [0.1, 0.15) is 17.7 Å². The molecule has 0 radical (unpaired) electrons. The normalized spacial score (nSPS) is 12.8. The van der Waals surface area contributed by atoms with Crippen molar-refractivity contribution < 1.29 is 0 Å². The van der Waals surface area contributed by atoms with Gasteiger partial charge in [0.25, 0.3) is 0 Å². The SMILES string of the molecule is C1=Cc2c(c3ccc4c(ccc5c6ccccc6n(-c6ccccc6)c45)c3n2-c2nc(-c3ccccc3)nc(-c3ccccc3)n2)CC1. The minimum Gasteiger partial charge on any atom is -0.309 e. The number of fused-ring (bicyclic) bond motifs is 9. The molecule has 10 rings (SSSR count). The van der Waals surface area contributed by atoms with Gasteiger partial charge in [-0.1, -0.05) is 127 Å². The second kappa shape index (κ2) is 10.6. The summed E-state index contributed by atoms with van der Waals surface area (Å²) in [5, 5.41) is 6.09. The van der Waals surface area contributed by atoms with Crippen LogP contribution in [0.25, 0.3) is 84.0 Å². The van der Waals surface area contributed by atoms with E-state index in [1.54, 1.807) is 0 Å². The largest absolute Gasteiger partial charge is 0.309 e. The highest BCUT2D eigenvalue weighted by molar-refractivity contribution is 6.23. The zero-order valence-electron chi connectivity index (χ0n) is 26.1. The number of benzene rings is 6. The van der Waals surface area contributed by atoms with Crippen molar-refractivity contribution in [1.82, 2.24) is 24.1 Å². The third-order valence-corrected chi connectivity index (χ3v) is 9.64. The molecule has 48 heavy (non-hydrogen) atoms. The molecule has 1 aliphatic rings. The molecule has 5 nitrogen and oxygen atoms in total. The monoisotopic (exact) mass is 615 g/mol. The highest BCUT2D eigenvalue weighted by atomic mass is 15.2. The predicted molar refractivity (Wildman–Crippen MR) is 197 cm³/mol. The number of hydrogen-bond donors (Lipinski definition) is 0. The molecule has 226 valence electrons. The van der Waals surface area contributed by atoms with Crippen molar-refractivity contribution in [1.29, 1.82) is 0 Å². The quantitative estimate of drug-likeness (QED) is 0.198. The molecule has 6 aromatic carbocycles. The molecule has 1 aliphatic carbocycles. The van der Waals surface area contributed by atoms with Crippen LogP contribution in [-0.4, -0.2) is 24.1 Å². The molecular weight excluding hydrogens is 587 g/mol. The predicted octanol–water partition coefficient (Wildman–Crippen LogP) is 10.4. The summed E-state index contributed by atoms with van der Waals surface area (Å²) in [7, 11) is 0. The number of para-hydroxylation sites is 2. The molecule has 0 saturated heterocycles. The summed E-state index contributed by atoms with van der Waals surface area (Å²) in [6.07, 6.45) is 6.49. The van der Waals surface area contributed by atoms with E-state index in [1.807, 2.05) is 36.4 Å². The zero-order valence-corrected chi connectivity index (χ0v) is 26.1. The average molecular weight is 616 g/mol. The van der Waals surface area contributed by atoms with Gasteiger partial charge in [-0.15, -0.1) is 0 Å². The molecule has 0 spiro atoms. The summed E-state index contributed by atoms with van der Waals surface area (Å²) < 4.78 is 4.69. The van der Waals surface area contributed by atoms with E-state index in [9.17, 15) is 0 Å². The molecule has 0 unspecified atom stereocenters. The molecular formula is C43H29N5. The van der Waals surface area contributed by atoms with Gasteiger partial charge in [-0.05, 0) is 42.7 Å². The van der Waals surface area contributed by atoms with Crippen molar-refractivity contribution in [2.45, 2.75) is 12.8 Å². The van der Waals surface area contributed by atoms with E-state index in [4.69, 9.17) is 15.0 Å². The Labute approximate surface area is 277 Å². The Morgan fingerprint density at radius 3 is 1.67 bits per heavy atom. The minimum absolute atomic E-state index is 0.622. The van der Waals surface area contributed by atoms with Gasteiger partial charge in [-0.3, -0.25) is 4.57 Å². The maximum absolute atomic E-state index is 5.20. The first-order chi connectivity index (χ1) is 23.8. The molecule has 9 aromatic rings. The van der Waals surface area contributed by atoms with E-state index < -0.39 is 0 Å². The molecule has 0 fully saturated rings. The van der Waals surface area contributed by atoms with Gasteiger partial charge < -0.3 is 4.57 Å². The highest BCUT2D eigenvalue weighted by Crippen LogP contribution is 2.42. The lowest BCUT2D eigenvalue weighted by Crippen LogP contribution is -2.09. The van der Waals surface area contributed by atoms with Crippen LogP contribution in [0.2, 0.25) is 0 Å². The fourth-order valence-corrected chi connectivity index (χ4v) is 7.54. The van der Waals surface area contributed by atoms with E-state index in [0.717, 1.165) is 40.9 Å².